The largest absolute Gasteiger partial charge is 0.494 e. The molecule has 0 aliphatic carbocycles. The smallest absolute Gasteiger partial charge is 0.328 e. The number of carbonyl (C=O) groups excluding carboxylic acids is 2. The second-order valence-electron chi connectivity index (χ2n) is 9.08. The van der Waals surface area contributed by atoms with Crippen LogP contribution in [-0.2, 0) is 14.4 Å². The number of hydrogen-bond acceptors (Lipinski definition) is 8. The van der Waals surface area contributed by atoms with Gasteiger partial charge in [-0.3, -0.25) is 29.1 Å². The van der Waals surface area contributed by atoms with Gasteiger partial charge in [0.1, 0.15) is 16.9 Å². The molecule has 12 nitrogen and oxygen atoms in total. The monoisotopic (exact) mass is 567 g/mol. The maximum absolute atomic E-state index is 12.6. The van der Waals surface area contributed by atoms with E-state index in [1.165, 1.54) is 0 Å². The van der Waals surface area contributed by atoms with Crippen molar-refractivity contribution in [1.29, 1.82) is 0 Å². The van der Waals surface area contributed by atoms with Gasteiger partial charge in [0.2, 0.25) is 17.7 Å². The number of nitrogens with one attached hydrogen (secondary N) is 4. The topological polar surface area (TPSA) is 194 Å². The average Bonchev–Trinajstić information content (AvgIpc) is 3.18. The minimum absolute atomic E-state index is 0.0812. The number of aromatic nitrogens is 2. The molecule has 0 saturated carbocycles. The Kier molecular flexibility index (Phi) is 9.67. The summed E-state index contributed by atoms with van der Waals surface area (Å²) in [6.07, 6.45) is -0.0812. The molecule has 40 heavy (non-hydrogen) atoms. The number of carbonyl (C=O) groups is 3. The van der Waals surface area contributed by atoms with E-state index in [-0.39, 0.29) is 23.1 Å². The van der Waals surface area contributed by atoms with Crippen molar-refractivity contribution in [2.24, 2.45) is 4.99 Å². The normalized spacial score (nSPS) is 16.1. The molecule has 0 spiro atoms. The maximum Gasteiger partial charge on any atom is 0.328 e. The zero-order chi connectivity index (χ0) is 29.6. The number of aliphatic imine (C=N–C) groups is 1. The summed E-state index contributed by atoms with van der Waals surface area (Å²) in [7, 11) is 0. The Morgan fingerprint density at radius 2 is 1.68 bits per heavy atom. The minimum atomic E-state index is -1.02. The van der Waals surface area contributed by atoms with E-state index >= 15 is 0 Å². The molecule has 3 aromatic rings. The second-order valence-corrected chi connectivity index (χ2v) is 10.3. The number of rotatable bonds is 6. The number of H-pyrrole nitrogens is 2. The van der Waals surface area contributed by atoms with Crippen molar-refractivity contribution >= 4 is 40.4 Å². The molecule has 210 valence electrons. The van der Waals surface area contributed by atoms with Gasteiger partial charge in [0.25, 0.3) is 11.5 Å². The van der Waals surface area contributed by atoms with E-state index in [0.29, 0.717) is 11.3 Å². The van der Waals surface area contributed by atoms with Crippen molar-refractivity contribution in [3.8, 4) is 5.88 Å². The van der Waals surface area contributed by atoms with E-state index < -0.39 is 40.3 Å². The first-order chi connectivity index (χ1) is 18.8. The van der Waals surface area contributed by atoms with Gasteiger partial charge in [-0.1, -0.05) is 47.7 Å². The van der Waals surface area contributed by atoms with Gasteiger partial charge in [-0.25, -0.2) is 9.79 Å². The van der Waals surface area contributed by atoms with Gasteiger partial charge >= 0.3 is 5.69 Å². The lowest BCUT2D eigenvalue weighted by atomic mass is 10.00. The summed E-state index contributed by atoms with van der Waals surface area (Å²) in [5.74, 6) is -2.16. The molecule has 1 fully saturated rings. The Hall–Kier alpha value is -4.65. The lowest BCUT2D eigenvalue weighted by Gasteiger charge is -2.15. The van der Waals surface area contributed by atoms with E-state index in [1.54, 1.807) is 18.2 Å². The van der Waals surface area contributed by atoms with E-state index in [4.69, 9.17) is 9.90 Å². The molecule has 2 heterocycles. The minimum Gasteiger partial charge on any atom is -0.494 e. The highest BCUT2D eigenvalue weighted by atomic mass is 32.2. The summed E-state index contributed by atoms with van der Waals surface area (Å²) < 4.78 is 0. The number of aryl methyl sites for hydroxylation is 3. The number of carboxylic acid groups (broad SMARTS) is 1. The Morgan fingerprint density at radius 1 is 1.02 bits per heavy atom. The number of aromatic amines is 2. The molecule has 13 heteroatoms. The first-order valence-corrected chi connectivity index (χ1v) is 13.0. The Labute approximate surface area is 233 Å². The number of aromatic hydroxyl groups is 1. The van der Waals surface area contributed by atoms with Gasteiger partial charge in [0.15, 0.2) is 5.17 Å². The van der Waals surface area contributed by atoms with Crippen LogP contribution in [0.2, 0.25) is 0 Å². The van der Waals surface area contributed by atoms with Crippen molar-refractivity contribution in [3.63, 3.8) is 0 Å². The predicted molar refractivity (Wildman–Crippen MR) is 152 cm³/mol. The maximum atomic E-state index is 12.6. The first kappa shape index (κ1) is 29.9. The van der Waals surface area contributed by atoms with Crippen molar-refractivity contribution < 1.29 is 24.6 Å². The number of nitrogens with zero attached hydrogens (tertiary/aromatic N) is 1. The third kappa shape index (κ3) is 7.93. The van der Waals surface area contributed by atoms with Gasteiger partial charge < -0.3 is 20.8 Å². The highest BCUT2D eigenvalue weighted by Gasteiger charge is 2.33. The predicted octanol–water partition coefficient (Wildman–Crippen LogP) is 2.49. The second kappa shape index (κ2) is 12.9. The zero-order valence-electron chi connectivity index (χ0n) is 22.2. The van der Waals surface area contributed by atoms with Gasteiger partial charge in [-0.05, 0) is 49.6 Å². The summed E-state index contributed by atoms with van der Waals surface area (Å²) in [5, 5.41) is 22.7. The molecule has 1 saturated heterocycles. The standard InChI is InChI=1S/C25H25N5O5S.C2H4O2/c1-12-4-7-15(8-5-12)20(19-22(33)28-24(35)29-23(19)34)27-25-30-21(32)17(36-25)11-18(31)26-16-9-6-13(2)14(3)10-16;1-2(3)4/h4-10,17,20H,11H2,1-3H3,(H,26,31)(H,27,30,32)(H3,28,29,33,34,35);1H3,(H,3,4). The van der Waals surface area contributed by atoms with Gasteiger partial charge in [-0.15, -0.1) is 0 Å². The molecule has 4 rings (SSSR count). The lowest BCUT2D eigenvalue weighted by molar-refractivity contribution is -0.134. The molecule has 0 radical (unpaired) electrons. The summed E-state index contributed by atoms with van der Waals surface area (Å²) in [6.45, 7) is 6.91. The van der Waals surface area contributed by atoms with Crippen molar-refractivity contribution in [2.45, 2.75) is 45.4 Å². The van der Waals surface area contributed by atoms with Crippen LogP contribution in [0, 0.1) is 20.8 Å². The fourth-order valence-corrected chi connectivity index (χ4v) is 4.71. The van der Waals surface area contributed by atoms with Gasteiger partial charge in [-0.2, -0.15) is 0 Å². The Morgan fingerprint density at radius 3 is 2.27 bits per heavy atom. The van der Waals surface area contributed by atoms with E-state index in [0.717, 1.165) is 35.4 Å². The highest BCUT2D eigenvalue weighted by Crippen LogP contribution is 2.32. The number of anilines is 1. The third-order valence-electron chi connectivity index (χ3n) is 5.81. The number of amidine groups is 1. The van der Waals surface area contributed by atoms with Gasteiger partial charge in [0, 0.05) is 19.0 Å². The molecule has 2 aromatic carbocycles. The number of benzene rings is 2. The molecule has 2 atom stereocenters. The molecule has 1 aliphatic rings. The zero-order valence-corrected chi connectivity index (χ0v) is 23.0. The molecule has 1 aliphatic heterocycles. The SMILES string of the molecule is CC(=O)O.Cc1ccc(C(N=C2NC(=O)C(CC(=O)Nc3ccc(C)c(C)c3)S2)c2c(O)[nH]c(=O)[nH]c2=O)cc1. The summed E-state index contributed by atoms with van der Waals surface area (Å²) >= 11 is 1.06. The van der Waals surface area contributed by atoms with Crippen LogP contribution in [-0.4, -0.2) is 48.4 Å². The third-order valence-corrected chi connectivity index (χ3v) is 6.91. The van der Waals surface area contributed by atoms with Crippen LogP contribution in [0.5, 0.6) is 5.88 Å². The van der Waals surface area contributed by atoms with E-state index in [2.05, 4.69) is 25.6 Å². The van der Waals surface area contributed by atoms with Crippen molar-refractivity contribution in [3.05, 3.63) is 91.1 Å². The van der Waals surface area contributed by atoms with Crippen LogP contribution < -0.4 is 21.9 Å². The molecule has 2 amide bonds. The number of carboxylic acids is 1. The average molecular weight is 568 g/mol. The number of aliphatic carboxylic acids is 1. The van der Waals surface area contributed by atoms with E-state index in [1.807, 2.05) is 45.0 Å². The first-order valence-electron chi connectivity index (χ1n) is 12.1. The van der Waals surface area contributed by atoms with Crippen molar-refractivity contribution in [1.82, 2.24) is 15.3 Å². The number of amides is 2. The Balaban J connectivity index is 0.00000103. The summed E-state index contributed by atoms with van der Waals surface area (Å²) in [4.78, 5) is 67.1. The van der Waals surface area contributed by atoms with Crippen LogP contribution in [0.1, 0.15) is 47.2 Å². The fourth-order valence-electron chi connectivity index (χ4n) is 3.71. The van der Waals surface area contributed by atoms with Crippen molar-refractivity contribution in [2.75, 3.05) is 5.32 Å². The lowest BCUT2D eigenvalue weighted by Crippen LogP contribution is -2.29. The van der Waals surface area contributed by atoms with Crippen LogP contribution in [0.4, 0.5) is 5.69 Å². The molecule has 6 N–H and O–H groups in total. The number of thioether (sulfide) groups is 1. The number of hydrogen-bond donors (Lipinski definition) is 6. The quantitative estimate of drug-likeness (QED) is 0.261. The molecular weight excluding hydrogens is 538 g/mol. The van der Waals surface area contributed by atoms with Crippen LogP contribution in [0.15, 0.2) is 57.0 Å². The Bertz CT molecular complexity index is 1570. The van der Waals surface area contributed by atoms with Crippen LogP contribution in [0.25, 0.3) is 0 Å². The summed E-state index contributed by atoms with van der Waals surface area (Å²) in [5.41, 5.74) is 2.51. The van der Waals surface area contributed by atoms with E-state index in [9.17, 15) is 24.3 Å². The summed E-state index contributed by atoms with van der Waals surface area (Å²) in [6, 6.07) is 11.7. The molecular formula is C27H29N5O7S. The van der Waals surface area contributed by atoms with Crippen LogP contribution in [0.3, 0.4) is 0 Å². The molecule has 1 aromatic heterocycles. The highest BCUT2D eigenvalue weighted by molar-refractivity contribution is 8.15. The molecule has 2 unspecified atom stereocenters. The van der Waals surface area contributed by atoms with Crippen LogP contribution >= 0.6 is 11.8 Å². The fraction of sp³-hybridized carbons (Fsp3) is 0.259. The molecule has 0 bridgehead atoms. The van der Waals surface area contributed by atoms with Gasteiger partial charge in [0.05, 0.1) is 0 Å².